The summed E-state index contributed by atoms with van der Waals surface area (Å²) in [6, 6.07) is 4.97. The van der Waals surface area contributed by atoms with Crippen LogP contribution in [0.2, 0.25) is 0 Å². The molecule has 1 fully saturated rings. The van der Waals surface area contributed by atoms with E-state index in [1.54, 1.807) is 18.2 Å². The predicted octanol–water partition coefficient (Wildman–Crippen LogP) is 0.676. The van der Waals surface area contributed by atoms with Crippen LogP contribution in [0.15, 0.2) is 18.2 Å². The van der Waals surface area contributed by atoms with Gasteiger partial charge in [-0.3, -0.25) is 9.59 Å². The molecule has 108 valence electrons. The van der Waals surface area contributed by atoms with Crippen LogP contribution in [-0.4, -0.2) is 31.0 Å². The van der Waals surface area contributed by atoms with Gasteiger partial charge >= 0.3 is 0 Å². The summed E-state index contributed by atoms with van der Waals surface area (Å²) in [6.45, 7) is 2.82. The zero-order chi connectivity index (χ0) is 14.5. The fourth-order valence-corrected chi connectivity index (χ4v) is 2.13. The van der Waals surface area contributed by atoms with Crippen LogP contribution in [0.5, 0.6) is 5.75 Å². The minimum absolute atomic E-state index is 0.0199. The summed E-state index contributed by atoms with van der Waals surface area (Å²) in [5.41, 5.74) is 6.74. The Morgan fingerprint density at radius 3 is 2.95 bits per heavy atom. The second kappa shape index (κ2) is 6.27. The number of benzene rings is 1. The molecular formula is C14H19N3O3. The van der Waals surface area contributed by atoms with Crippen molar-refractivity contribution in [3.8, 4) is 5.75 Å². The zero-order valence-electron chi connectivity index (χ0n) is 11.4. The number of rotatable bonds is 5. The SMILES string of the molecule is CCOc1ccc(C(=O)NCC2CCC(=O)N2)cc1N. The average Bonchev–Trinajstić information content (AvgIpc) is 2.84. The van der Waals surface area contributed by atoms with Gasteiger partial charge in [0, 0.05) is 24.6 Å². The van der Waals surface area contributed by atoms with Crippen LogP contribution in [0.4, 0.5) is 5.69 Å². The number of nitrogens with two attached hydrogens (primary N) is 1. The molecule has 1 saturated heterocycles. The molecule has 2 rings (SSSR count). The Kier molecular flexibility index (Phi) is 4.45. The highest BCUT2D eigenvalue weighted by molar-refractivity contribution is 5.95. The van der Waals surface area contributed by atoms with E-state index in [-0.39, 0.29) is 17.9 Å². The number of anilines is 1. The highest BCUT2D eigenvalue weighted by atomic mass is 16.5. The predicted molar refractivity (Wildman–Crippen MR) is 75.5 cm³/mol. The molecule has 20 heavy (non-hydrogen) atoms. The van der Waals surface area contributed by atoms with Crippen molar-refractivity contribution in [3.05, 3.63) is 23.8 Å². The molecule has 1 aliphatic heterocycles. The number of carbonyl (C=O) groups is 2. The number of ether oxygens (including phenoxy) is 1. The van der Waals surface area contributed by atoms with Gasteiger partial charge in [0.1, 0.15) is 5.75 Å². The lowest BCUT2D eigenvalue weighted by atomic mass is 10.1. The van der Waals surface area contributed by atoms with E-state index < -0.39 is 0 Å². The number of nitrogen functional groups attached to an aromatic ring is 1. The highest BCUT2D eigenvalue weighted by Gasteiger charge is 2.21. The van der Waals surface area contributed by atoms with Gasteiger partial charge in [-0.05, 0) is 31.5 Å². The highest BCUT2D eigenvalue weighted by Crippen LogP contribution is 2.22. The Labute approximate surface area is 117 Å². The first-order valence-electron chi connectivity index (χ1n) is 6.70. The van der Waals surface area contributed by atoms with Crippen LogP contribution in [0.1, 0.15) is 30.1 Å². The minimum atomic E-state index is -0.208. The van der Waals surface area contributed by atoms with Gasteiger partial charge in [0.2, 0.25) is 5.91 Å². The Balaban J connectivity index is 1.92. The standard InChI is InChI=1S/C14H19N3O3/c1-2-20-12-5-3-9(7-11(12)15)14(19)16-8-10-4-6-13(18)17-10/h3,5,7,10H,2,4,6,8,15H2,1H3,(H,16,19)(H,17,18). The third-order valence-electron chi connectivity index (χ3n) is 3.17. The molecule has 1 atom stereocenters. The molecule has 0 bridgehead atoms. The van der Waals surface area contributed by atoms with Crippen LogP contribution in [0, 0.1) is 0 Å². The van der Waals surface area contributed by atoms with E-state index in [0.717, 1.165) is 6.42 Å². The molecule has 4 N–H and O–H groups in total. The largest absolute Gasteiger partial charge is 0.492 e. The fraction of sp³-hybridized carbons (Fsp3) is 0.429. The van der Waals surface area contributed by atoms with Gasteiger partial charge in [-0.1, -0.05) is 0 Å². The molecule has 2 amide bonds. The van der Waals surface area contributed by atoms with Crippen molar-refractivity contribution < 1.29 is 14.3 Å². The summed E-state index contributed by atoms with van der Waals surface area (Å²) in [5.74, 6) is 0.405. The Bertz CT molecular complexity index is 516. The van der Waals surface area contributed by atoms with E-state index in [1.807, 2.05) is 6.92 Å². The van der Waals surface area contributed by atoms with Gasteiger partial charge in [0.25, 0.3) is 5.91 Å². The molecule has 0 aromatic heterocycles. The lowest BCUT2D eigenvalue weighted by Gasteiger charge is -2.12. The monoisotopic (exact) mass is 277 g/mol. The first kappa shape index (κ1) is 14.2. The van der Waals surface area contributed by atoms with Crippen molar-refractivity contribution in [3.63, 3.8) is 0 Å². The van der Waals surface area contributed by atoms with Gasteiger partial charge in [-0.15, -0.1) is 0 Å². The van der Waals surface area contributed by atoms with Crippen molar-refractivity contribution in [1.82, 2.24) is 10.6 Å². The Morgan fingerprint density at radius 2 is 2.35 bits per heavy atom. The Hall–Kier alpha value is -2.24. The van der Waals surface area contributed by atoms with Crippen LogP contribution in [0.3, 0.4) is 0 Å². The van der Waals surface area contributed by atoms with Crippen LogP contribution in [-0.2, 0) is 4.79 Å². The van der Waals surface area contributed by atoms with Gasteiger partial charge < -0.3 is 21.1 Å². The topological polar surface area (TPSA) is 93.4 Å². The van der Waals surface area contributed by atoms with E-state index in [4.69, 9.17) is 10.5 Å². The van der Waals surface area contributed by atoms with E-state index in [2.05, 4.69) is 10.6 Å². The zero-order valence-corrected chi connectivity index (χ0v) is 11.4. The van der Waals surface area contributed by atoms with E-state index in [9.17, 15) is 9.59 Å². The Morgan fingerprint density at radius 1 is 1.55 bits per heavy atom. The molecule has 6 nitrogen and oxygen atoms in total. The quantitative estimate of drug-likeness (QED) is 0.690. The fourth-order valence-electron chi connectivity index (χ4n) is 2.13. The number of amides is 2. The molecule has 0 saturated carbocycles. The number of hydrogen-bond donors (Lipinski definition) is 3. The lowest BCUT2D eigenvalue weighted by molar-refractivity contribution is -0.119. The van der Waals surface area contributed by atoms with Crippen molar-refractivity contribution in [2.24, 2.45) is 0 Å². The molecule has 1 aliphatic rings. The smallest absolute Gasteiger partial charge is 0.251 e. The molecule has 1 heterocycles. The molecule has 1 aromatic rings. The maximum absolute atomic E-state index is 12.0. The summed E-state index contributed by atoms with van der Waals surface area (Å²) < 4.78 is 5.32. The van der Waals surface area contributed by atoms with Gasteiger partial charge in [0.15, 0.2) is 0 Å². The normalized spacial score (nSPS) is 17.6. The average molecular weight is 277 g/mol. The van der Waals surface area contributed by atoms with E-state index >= 15 is 0 Å². The molecule has 0 spiro atoms. The summed E-state index contributed by atoms with van der Waals surface area (Å²) >= 11 is 0. The summed E-state index contributed by atoms with van der Waals surface area (Å²) in [6.07, 6.45) is 1.28. The molecule has 1 unspecified atom stereocenters. The molecule has 6 heteroatoms. The molecule has 1 aromatic carbocycles. The second-order valence-electron chi connectivity index (χ2n) is 4.70. The third kappa shape index (κ3) is 3.40. The maximum atomic E-state index is 12.0. The second-order valence-corrected chi connectivity index (χ2v) is 4.70. The van der Waals surface area contributed by atoms with Crippen LogP contribution >= 0.6 is 0 Å². The number of hydrogen-bond acceptors (Lipinski definition) is 4. The van der Waals surface area contributed by atoms with Gasteiger partial charge in [0.05, 0.1) is 12.3 Å². The van der Waals surface area contributed by atoms with Crippen molar-refractivity contribution >= 4 is 17.5 Å². The first-order valence-corrected chi connectivity index (χ1v) is 6.70. The number of carbonyl (C=O) groups excluding carboxylic acids is 2. The summed E-state index contributed by atoms with van der Waals surface area (Å²) in [4.78, 5) is 23.0. The lowest BCUT2D eigenvalue weighted by Crippen LogP contribution is -2.38. The summed E-state index contributed by atoms with van der Waals surface area (Å²) in [5, 5.41) is 5.59. The van der Waals surface area contributed by atoms with Crippen molar-refractivity contribution in [1.29, 1.82) is 0 Å². The summed E-state index contributed by atoms with van der Waals surface area (Å²) in [7, 11) is 0. The first-order chi connectivity index (χ1) is 9.60. The van der Waals surface area contributed by atoms with E-state index in [1.165, 1.54) is 0 Å². The molecule has 0 aliphatic carbocycles. The van der Waals surface area contributed by atoms with Crippen molar-refractivity contribution in [2.75, 3.05) is 18.9 Å². The van der Waals surface area contributed by atoms with Crippen LogP contribution < -0.4 is 21.1 Å². The van der Waals surface area contributed by atoms with Crippen LogP contribution in [0.25, 0.3) is 0 Å². The van der Waals surface area contributed by atoms with Gasteiger partial charge in [-0.2, -0.15) is 0 Å². The van der Waals surface area contributed by atoms with E-state index in [0.29, 0.717) is 36.6 Å². The maximum Gasteiger partial charge on any atom is 0.251 e. The molecular weight excluding hydrogens is 258 g/mol. The van der Waals surface area contributed by atoms with Crippen molar-refractivity contribution in [2.45, 2.75) is 25.8 Å². The molecule has 0 radical (unpaired) electrons. The third-order valence-corrected chi connectivity index (χ3v) is 3.17. The minimum Gasteiger partial charge on any atom is -0.492 e. The van der Waals surface area contributed by atoms with Gasteiger partial charge in [-0.25, -0.2) is 0 Å². The number of nitrogens with one attached hydrogen (secondary N) is 2.